The first-order valence-corrected chi connectivity index (χ1v) is 6.41. The standard InChI is InChI=1S/C14H13N3O5/c1-17-6-9(12(16-17)14(19)20-2)15-13(18)8-3-4-10-11(5-8)22-7-21-10/h3-6H,7H2,1-2H3,(H,15,18). The van der Waals surface area contributed by atoms with Gasteiger partial charge >= 0.3 is 5.97 Å². The number of nitrogens with one attached hydrogen (secondary N) is 1. The molecule has 1 amide bonds. The van der Waals surface area contributed by atoms with E-state index in [0.717, 1.165) is 0 Å². The largest absolute Gasteiger partial charge is 0.464 e. The van der Waals surface area contributed by atoms with Crippen molar-refractivity contribution in [2.75, 3.05) is 19.2 Å². The van der Waals surface area contributed by atoms with Crippen LogP contribution in [-0.4, -0.2) is 35.6 Å². The number of ether oxygens (including phenoxy) is 3. The van der Waals surface area contributed by atoms with Gasteiger partial charge in [0.25, 0.3) is 5.91 Å². The SMILES string of the molecule is COC(=O)c1nn(C)cc1NC(=O)c1ccc2c(c1)OCO2. The van der Waals surface area contributed by atoms with Crippen molar-refractivity contribution in [1.82, 2.24) is 9.78 Å². The number of aryl methyl sites for hydroxylation is 1. The van der Waals surface area contributed by atoms with E-state index in [1.165, 1.54) is 18.0 Å². The molecule has 2 aromatic rings. The molecule has 0 radical (unpaired) electrons. The van der Waals surface area contributed by atoms with Crippen molar-refractivity contribution in [3.05, 3.63) is 35.7 Å². The van der Waals surface area contributed by atoms with E-state index in [9.17, 15) is 9.59 Å². The van der Waals surface area contributed by atoms with Crippen LogP contribution in [0.5, 0.6) is 11.5 Å². The van der Waals surface area contributed by atoms with E-state index in [0.29, 0.717) is 17.1 Å². The molecule has 1 aliphatic heterocycles. The van der Waals surface area contributed by atoms with Gasteiger partial charge in [-0.2, -0.15) is 5.10 Å². The number of hydrogen-bond acceptors (Lipinski definition) is 6. The van der Waals surface area contributed by atoms with E-state index in [4.69, 9.17) is 9.47 Å². The molecular formula is C14H13N3O5. The molecule has 114 valence electrons. The highest BCUT2D eigenvalue weighted by Crippen LogP contribution is 2.32. The molecule has 0 spiro atoms. The smallest absolute Gasteiger partial charge is 0.360 e. The van der Waals surface area contributed by atoms with Gasteiger partial charge in [0.1, 0.15) is 0 Å². The van der Waals surface area contributed by atoms with Crippen molar-refractivity contribution >= 4 is 17.6 Å². The van der Waals surface area contributed by atoms with Gasteiger partial charge in [-0.1, -0.05) is 0 Å². The van der Waals surface area contributed by atoms with Crippen LogP contribution in [0.2, 0.25) is 0 Å². The van der Waals surface area contributed by atoms with Crippen molar-refractivity contribution in [3.8, 4) is 11.5 Å². The zero-order chi connectivity index (χ0) is 15.7. The number of esters is 1. The lowest BCUT2D eigenvalue weighted by Crippen LogP contribution is -2.14. The predicted octanol–water partition coefficient (Wildman–Crippen LogP) is 1.19. The number of anilines is 1. The molecular weight excluding hydrogens is 290 g/mol. The van der Waals surface area contributed by atoms with Crippen LogP contribution >= 0.6 is 0 Å². The van der Waals surface area contributed by atoms with E-state index in [2.05, 4.69) is 15.2 Å². The molecule has 0 unspecified atom stereocenters. The zero-order valence-electron chi connectivity index (χ0n) is 12.0. The Bertz CT molecular complexity index is 753. The second-order valence-corrected chi connectivity index (χ2v) is 4.58. The van der Waals surface area contributed by atoms with Gasteiger partial charge < -0.3 is 19.5 Å². The fourth-order valence-electron chi connectivity index (χ4n) is 2.06. The summed E-state index contributed by atoms with van der Waals surface area (Å²) in [5.74, 6) is 0.0817. The highest BCUT2D eigenvalue weighted by Gasteiger charge is 2.20. The lowest BCUT2D eigenvalue weighted by molar-refractivity contribution is 0.0594. The summed E-state index contributed by atoms with van der Waals surface area (Å²) in [4.78, 5) is 23.9. The van der Waals surface area contributed by atoms with Crippen LogP contribution in [0.1, 0.15) is 20.8 Å². The number of carbonyl (C=O) groups excluding carboxylic acids is 2. The van der Waals surface area contributed by atoms with Gasteiger partial charge in [0.05, 0.1) is 12.8 Å². The van der Waals surface area contributed by atoms with Crippen molar-refractivity contribution in [1.29, 1.82) is 0 Å². The lowest BCUT2D eigenvalue weighted by atomic mass is 10.2. The highest BCUT2D eigenvalue weighted by atomic mass is 16.7. The topological polar surface area (TPSA) is 91.7 Å². The fourth-order valence-corrected chi connectivity index (χ4v) is 2.06. The number of fused-ring (bicyclic) bond motifs is 1. The molecule has 0 saturated heterocycles. The van der Waals surface area contributed by atoms with Crippen molar-refractivity contribution in [2.45, 2.75) is 0 Å². The van der Waals surface area contributed by atoms with Crippen LogP contribution in [0.25, 0.3) is 0 Å². The summed E-state index contributed by atoms with van der Waals surface area (Å²) in [7, 11) is 2.89. The van der Waals surface area contributed by atoms with Crippen LogP contribution in [0.15, 0.2) is 24.4 Å². The third kappa shape index (κ3) is 2.46. The van der Waals surface area contributed by atoms with Crippen molar-refractivity contribution < 1.29 is 23.8 Å². The number of methoxy groups -OCH3 is 1. The van der Waals surface area contributed by atoms with Crippen molar-refractivity contribution in [2.24, 2.45) is 7.05 Å². The lowest BCUT2D eigenvalue weighted by Gasteiger charge is -2.05. The number of nitrogens with zero attached hydrogens (tertiary/aromatic N) is 2. The molecule has 0 bridgehead atoms. The number of amides is 1. The monoisotopic (exact) mass is 303 g/mol. The van der Waals surface area contributed by atoms with E-state index in [-0.39, 0.29) is 18.2 Å². The molecule has 0 aliphatic carbocycles. The second-order valence-electron chi connectivity index (χ2n) is 4.58. The van der Waals surface area contributed by atoms with Gasteiger partial charge in [0.2, 0.25) is 6.79 Å². The molecule has 0 saturated carbocycles. The minimum atomic E-state index is -0.624. The summed E-state index contributed by atoms with van der Waals surface area (Å²) in [5, 5.41) is 6.60. The quantitative estimate of drug-likeness (QED) is 0.856. The van der Waals surface area contributed by atoms with Crippen molar-refractivity contribution in [3.63, 3.8) is 0 Å². The third-order valence-electron chi connectivity index (χ3n) is 3.09. The van der Waals surface area contributed by atoms with E-state index in [1.54, 1.807) is 25.2 Å². The molecule has 0 atom stereocenters. The minimum Gasteiger partial charge on any atom is -0.464 e. The molecule has 1 N–H and O–H groups in total. The van der Waals surface area contributed by atoms with E-state index >= 15 is 0 Å². The van der Waals surface area contributed by atoms with Crippen LogP contribution in [0.4, 0.5) is 5.69 Å². The van der Waals surface area contributed by atoms with Gasteiger partial charge in [0, 0.05) is 18.8 Å². The molecule has 8 heteroatoms. The number of benzene rings is 1. The van der Waals surface area contributed by atoms with Crippen LogP contribution in [0, 0.1) is 0 Å². The first kappa shape index (κ1) is 13.9. The Morgan fingerprint density at radius 2 is 2.09 bits per heavy atom. The molecule has 1 aromatic carbocycles. The molecule has 3 rings (SSSR count). The first-order valence-electron chi connectivity index (χ1n) is 6.41. The Hall–Kier alpha value is -3.03. The summed E-state index contributed by atoms with van der Waals surface area (Å²) in [6, 6.07) is 4.84. The summed E-state index contributed by atoms with van der Waals surface area (Å²) in [6.07, 6.45) is 1.52. The maximum Gasteiger partial charge on any atom is 0.360 e. The predicted molar refractivity (Wildman–Crippen MR) is 75.1 cm³/mol. The third-order valence-corrected chi connectivity index (χ3v) is 3.09. The second kappa shape index (κ2) is 5.40. The maximum absolute atomic E-state index is 12.3. The van der Waals surface area contributed by atoms with Gasteiger partial charge in [0.15, 0.2) is 17.2 Å². The number of carbonyl (C=O) groups is 2. The number of hydrogen-bond donors (Lipinski definition) is 1. The maximum atomic E-state index is 12.3. The average Bonchev–Trinajstić information content (AvgIpc) is 3.11. The Kier molecular flexibility index (Phi) is 3.42. The Morgan fingerprint density at radius 1 is 1.32 bits per heavy atom. The summed E-state index contributed by atoms with van der Waals surface area (Å²) in [6.45, 7) is 0.134. The number of aromatic nitrogens is 2. The summed E-state index contributed by atoms with van der Waals surface area (Å²) >= 11 is 0. The summed E-state index contributed by atoms with van der Waals surface area (Å²) in [5.41, 5.74) is 0.694. The Balaban J connectivity index is 1.84. The van der Waals surface area contributed by atoms with Crippen LogP contribution in [-0.2, 0) is 11.8 Å². The number of rotatable bonds is 3. The Labute approximate surface area is 125 Å². The van der Waals surface area contributed by atoms with Gasteiger partial charge in [-0.25, -0.2) is 4.79 Å². The molecule has 0 fully saturated rings. The molecule has 2 heterocycles. The summed E-state index contributed by atoms with van der Waals surface area (Å²) < 4.78 is 16.5. The van der Waals surface area contributed by atoms with Gasteiger partial charge in [-0.15, -0.1) is 0 Å². The first-order chi connectivity index (χ1) is 10.6. The van der Waals surface area contributed by atoms with Crippen LogP contribution in [0.3, 0.4) is 0 Å². The molecule has 8 nitrogen and oxygen atoms in total. The van der Waals surface area contributed by atoms with Gasteiger partial charge in [-0.3, -0.25) is 9.48 Å². The molecule has 1 aromatic heterocycles. The minimum absolute atomic E-state index is 0.0408. The Morgan fingerprint density at radius 3 is 2.86 bits per heavy atom. The van der Waals surface area contributed by atoms with E-state index in [1.807, 2.05) is 0 Å². The highest BCUT2D eigenvalue weighted by molar-refractivity contribution is 6.07. The van der Waals surface area contributed by atoms with E-state index < -0.39 is 11.9 Å². The average molecular weight is 303 g/mol. The van der Waals surface area contributed by atoms with Gasteiger partial charge in [-0.05, 0) is 18.2 Å². The normalized spacial score (nSPS) is 12.1. The fraction of sp³-hybridized carbons (Fsp3) is 0.214. The van der Waals surface area contributed by atoms with Crippen LogP contribution < -0.4 is 14.8 Å². The molecule has 1 aliphatic rings. The zero-order valence-corrected chi connectivity index (χ0v) is 12.0. The molecule has 22 heavy (non-hydrogen) atoms.